The summed E-state index contributed by atoms with van der Waals surface area (Å²) in [6.45, 7) is 4.56. The molecule has 1 aromatic carbocycles. The fourth-order valence-corrected chi connectivity index (χ4v) is 7.18. The molecule has 0 N–H and O–H groups in total. The van der Waals surface area contributed by atoms with Crippen LogP contribution in [0, 0.1) is 0 Å². The molecule has 0 aromatic heterocycles. The summed E-state index contributed by atoms with van der Waals surface area (Å²) >= 11 is 4.11. The van der Waals surface area contributed by atoms with Crippen molar-refractivity contribution in [3.8, 4) is 0 Å². The molecule has 0 spiro atoms. The Morgan fingerprint density at radius 3 is 1.88 bits per heavy atom. The molecule has 1 aromatic rings. The molecule has 90 valence electrons. The van der Waals surface area contributed by atoms with Gasteiger partial charge in [-0.3, -0.25) is 0 Å². The first-order valence-electron chi connectivity index (χ1n) is 6.35. The Hall–Kier alpha value is 0.130. The third-order valence-electron chi connectivity index (χ3n) is 2.95. The van der Waals surface area contributed by atoms with Gasteiger partial charge < -0.3 is 0 Å². The summed E-state index contributed by atoms with van der Waals surface area (Å²) in [5.41, 5.74) is 0. The van der Waals surface area contributed by atoms with Gasteiger partial charge >= 0.3 is 0 Å². The van der Waals surface area contributed by atoms with Crippen LogP contribution in [0.5, 0.6) is 0 Å². The van der Waals surface area contributed by atoms with Crippen molar-refractivity contribution in [2.75, 3.05) is 12.3 Å². The van der Waals surface area contributed by atoms with Gasteiger partial charge in [-0.2, -0.15) is 0 Å². The first-order valence-corrected chi connectivity index (χ1v) is 10.5. The zero-order valence-electron chi connectivity index (χ0n) is 10.5. The average Bonchev–Trinajstić information content (AvgIpc) is 2.35. The van der Waals surface area contributed by atoms with Crippen LogP contribution in [0.15, 0.2) is 30.3 Å². The van der Waals surface area contributed by atoms with Crippen LogP contribution in [-0.4, -0.2) is 12.3 Å². The first-order chi connectivity index (χ1) is 7.73. The third-order valence-corrected chi connectivity index (χ3v) is 9.58. The molecule has 2 heteroatoms. The molecule has 0 aliphatic heterocycles. The lowest BCUT2D eigenvalue weighted by Gasteiger charge is -2.19. The Kier molecular flexibility index (Phi) is 6.61. The van der Waals surface area contributed by atoms with Gasteiger partial charge in [-0.1, -0.05) is 44.9 Å². The molecule has 16 heavy (non-hydrogen) atoms. The Balaban J connectivity index is 2.77. The number of benzene rings is 1. The van der Waals surface area contributed by atoms with Gasteiger partial charge in [0.05, 0.1) is 12.3 Å². The van der Waals surface area contributed by atoms with Crippen molar-refractivity contribution >= 4 is 26.8 Å². The smallest absolute Gasteiger partial charge is 0.0652 e. The summed E-state index contributed by atoms with van der Waals surface area (Å²) in [5, 5.41) is 1.55. The standard InChI is InChI=1S/C14H23BrP/c1-3-5-12-16(15,13-6-4-2)14-10-8-7-9-11-14/h7-11H,3-6,12-13H2,1-2H3/q+1. The largest absolute Gasteiger partial charge is 0.144 e. The number of hydrogen-bond donors (Lipinski definition) is 0. The fraction of sp³-hybridized carbons (Fsp3) is 0.571. The predicted octanol–water partition coefficient (Wildman–Crippen LogP) is 5.24. The van der Waals surface area contributed by atoms with Crippen molar-refractivity contribution in [1.29, 1.82) is 0 Å². The number of rotatable bonds is 7. The van der Waals surface area contributed by atoms with Crippen molar-refractivity contribution < 1.29 is 0 Å². The minimum absolute atomic E-state index is 1.04. The molecule has 0 fully saturated rings. The normalized spacial score (nSPS) is 11.7. The molecule has 0 radical (unpaired) electrons. The van der Waals surface area contributed by atoms with Gasteiger partial charge in [-0.05, 0) is 25.0 Å². The van der Waals surface area contributed by atoms with Gasteiger partial charge in [0, 0.05) is 0 Å². The van der Waals surface area contributed by atoms with Gasteiger partial charge in [0.15, 0.2) is 0 Å². The molecule has 0 aliphatic carbocycles. The summed E-state index contributed by atoms with van der Waals surface area (Å²) in [5.74, 6) is -1.04. The fourth-order valence-electron chi connectivity index (χ4n) is 1.88. The van der Waals surface area contributed by atoms with Crippen LogP contribution in [0.1, 0.15) is 39.5 Å². The second-order valence-electron chi connectivity index (χ2n) is 4.35. The summed E-state index contributed by atoms with van der Waals surface area (Å²) in [4.78, 5) is 0. The lowest BCUT2D eigenvalue weighted by atomic mass is 10.4. The zero-order chi connectivity index (χ0) is 11.9. The summed E-state index contributed by atoms with van der Waals surface area (Å²) in [7, 11) is 0. The minimum Gasteiger partial charge on any atom is -0.0652 e. The van der Waals surface area contributed by atoms with Crippen molar-refractivity contribution in [3.05, 3.63) is 30.3 Å². The lowest BCUT2D eigenvalue weighted by molar-refractivity contribution is 0.869. The van der Waals surface area contributed by atoms with Crippen LogP contribution >= 0.6 is 21.5 Å². The van der Waals surface area contributed by atoms with Crippen molar-refractivity contribution in [1.82, 2.24) is 0 Å². The van der Waals surface area contributed by atoms with Crippen LogP contribution in [0.3, 0.4) is 0 Å². The van der Waals surface area contributed by atoms with Crippen LogP contribution in [-0.2, 0) is 0 Å². The van der Waals surface area contributed by atoms with E-state index in [1.807, 2.05) is 0 Å². The Labute approximate surface area is 109 Å². The van der Waals surface area contributed by atoms with Gasteiger partial charge in [0.2, 0.25) is 0 Å². The van der Waals surface area contributed by atoms with Crippen molar-refractivity contribution in [2.45, 2.75) is 39.5 Å². The maximum absolute atomic E-state index is 4.11. The highest BCUT2D eigenvalue weighted by Gasteiger charge is 2.36. The van der Waals surface area contributed by atoms with Crippen LogP contribution in [0.4, 0.5) is 0 Å². The Morgan fingerprint density at radius 2 is 1.44 bits per heavy atom. The van der Waals surface area contributed by atoms with Crippen LogP contribution < -0.4 is 5.30 Å². The topological polar surface area (TPSA) is 0 Å². The molecule has 0 heterocycles. The SMILES string of the molecule is CCCC[P+](Br)(CCCC)c1ccccc1. The Morgan fingerprint density at radius 1 is 0.938 bits per heavy atom. The molecule has 0 amide bonds. The van der Waals surface area contributed by atoms with E-state index in [0.717, 1.165) is 0 Å². The van der Waals surface area contributed by atoms with E-state index in [0.29, 0.717) is 0 Å². The van der Waals surface area contributed by atoms with Crippen LogP contribution in [0.2, 0.25) is 0 Å². The van der Waals surface area contributed by atoms with Crippen LogP contribution in [0.25, 0.3) is 0 Å². The second kappa shape index (κ2) is 7.45. The minimum atomic E-state index is -1.04. The Bertz CT molecular complexity index is 276. The van der Waals surface area contributed by atoms with Crippen molar-refractivity contribution in [3.63, 3.8) is 0 Å². The van der Waals surface area contributed by atoms with E-state index in [1.54, 1.807) is 5.30 Å². The predicted molar refractivity (Wildman–Crippen MR) is 81.5 cm³/mol. The van der Waals surface area contributed by atoms with E-state index in [1.165, 1.54) is 38.0 Å². The maximum Gasteiger partial charge on any atom is 0.144 e. The molecule has 0 aliphatic rings. The summed E-state index contributed by atoms with van der Waals surface area (Å²) < 4.78 is 0. The molecule has 1 rings (SSSR count). The number of halogens is 1. The third kappa shape index (κ3) is 4.18. The quantitative estimate of drug-likeness (QED) is 0.604. The molecule has 0 nitrogen and oxygen atoms in total. The molecule has 0 bridgehead atoms. The zero-order valence-corrected chi connectivity index (χ0v) is 12.9. The van der Waals surface area contributed by atoms with Gasteiger partial charge in [0.25, 0.3) is 0 Å². The molecule has 0 saturated heterocycles. The average molecular weight is 302 g/mol. The number of hydrogen-bond acceptors (Lipinski definition) is 0. The lowest BCUT2D eigenvalue weighted by Crippen LogP contribution is -2.12. The van der Waals surface area contributed by atoms with Crippen molar-refractivity contribution in [2.24, 2.45) is 0 Å². The molecule has 0 atom stereocenters. The van der Waals surface area contributed by atoms with Gasteiger partial charge in [0.1, 0.15) is 26.8 Å². The van der Waals surface area contributed by atoms with E-state index < -0.39 is 5.96 Å². The van der Waals surface area contributed by atoms with E-state index >= 15 is 0 Å². The highest BCUT2D eigenvalue weighted by molar-refractivity contribution is 9.43. The van der Waals surface area contributed by atoms with E-state index in [-0.39, 0.29) is 0 Å². The monoisotopic (exact) mass is 301 g/mol. The molecular weight excluding hydrogens is 279 g/mol. The first kappa shape index (κ1) is 14.2. The molecule has 0 saturated carbocycles. The van der Waals surface area contributed by atoms with E-state index in [2.05, 4.69) is 59.7 Å². The highest BCUT2D eigenvalue weighted by atomic mass is 79.9. The summed E-state index contributed by atoms with van der Waals surface area (Å²) in [6, 6.07) is 11.1. The maximum atomic E-state index is 4.11. The van der Waals surface area contributed by atoms with E-state index in [9.17, 15) is 0 Å². The van der Waals surface area contributed by atoms with Gasteiger partial charge in [-0.15, -0.1) is 0 Å². The van der Waals surface area contributed by atoms with E-state index in [4.69, 9.17) is 0 Å². The highest BCUT2D eigenvalue weighted by Crippen LogP contribution is 2.66. The summed E-state index contributed by atoms with van der Waals surface area (Å²) in [6.07, 6.45) is 7.99. The molecule has 0 unspecified atom stereocenters. The number of unbranched alkanes of at least 4 members (excludes halogenated alkanes) is 2. The van der Waals surface area contributed by atoms with Gasteiger partial charge in [-0.25, -0.2) is 0 Å². The second-order valence-corrected chi connectivity index (χ2v) is 11.6. The molecular formula is C14H23BrP+.